The van der Waals surface area contributed by atoms with Crippen LogP contribution in [0.1, 0.15) is 45.2 Å². The summed E-state index contributed by atoms with van der Waals surface area (Å²) >= 11 is 0. The van der Waals surface area contributed by atoms with E-state index in [1.165, 1.54) is 0 Å². The Morgan fingerprint density at radius 3 is 2.32 bits per heavy atom. The molecule has 0 saturated carbocycles. The Morgan fingerprint density at radius 2 is 1.77 bits per heavy atom. The lowest BCUT2D eigenvalue weighted by Gasteiger charge is -2.17. The Bertz CT molecular complexity index is 528. The maximum absolute atomic E-state index is 11.1. The number of carboxylic acid groups (broad SMARTS) is 2. The zero-order valence-electron chi connectivity index (χ0n) is 11.7. The van der Waals surface area contributed by atoms with Gasteiger partial charge in [-0.25, -0.2) is 9.59 Å². The monoisotopic (exact) mass is 314 g/mol. The van der Waals surface area contributed by atoms with E-state index in [1.807, 2.05) is 0 Å². The van der Waals surface area contributed by atoms with Crippen LogP contribution in [0.3, 0.4) is 0 Å². The summed E-state index contributed by atoms with van der Waals surface area (Å²) in [5, 5.41) is 46.0. The van der Waals surface area contributed by atoms with E-state index in [0.29, 0.717) is 0 Å². The maximum Gasteiger partial charge on any atom is 0.336 e. The average molecular weight is 314 g/mol. The molecule has 0 saturated heterocycles. The predicted molar refractivity (Wildman–Crippen MR) is 73.6 cm³/mol. The topological polar surface area (TPSA) is 145 Å². The molecule has 8 heteroatoms. The van der Waals surface area contributed by atoms with E-state index in [2.05, 4.69) is 0 Å². The van der Waals surface area contributed by atoms with Gasteiger partial charge in [0.25, 0.3) is 0 Å². The van der Waals surface area contributed by atoms with Crippen molar-refractivity contribution in [2.75, 3.05) is 13.2 Å². The second-order valence-electron chi connectivity index (χ2n) is 4.55. The van der Waals surface area contributed by atoms with Gasteiger partial charge in [0.05, 0.1) is 30.4 Å². The Labute approximate surface area is 126 Å². The highest BCUT2D eigenvalue weighted by atomic mass is 16.6. The van der Waals surface area contributed by atoms with Gasteiger partial charge in [0.1, 0.15) is 0 Å². The minimum atomic E-state index is -1.29. The summed E-state index contributed by atoms with van der Waals surface area (Å²) in [7, 11) is 0. The highest BCUT2D eigenvalue weighted by Gasteiger charge is 2.20. The number of hydrogen-bond acceptors (Lipinski definition) is 6. The van der Waals surface area contributed by atoms with Crippen molar-refractivity contribution in [2.45, 2.75) is 25.2 Å². The zero-order valence-corrected chi connectivity index (χ0v) is 11.7. The summed E-state index contributed by atoms with van der Waals surface area (Å²) < 4.78 is 4.80. The highest BCUT2D eigenvalue weighted by Crippen LogP contribution is 2.25. The minimum absolute atomic E-state index is 0.00246. The second kappa shape index (κ2) is 8.44. The van der Waals surface area contributed by atoms with Gasteiger partial charge in [-0.3, -0.25) is 0 Å². The number of aromatic carboxylic acids is 2. The lowest BCUT2D eigenvalue weighted by molar-refractivity contribution is -0.115. The van der Waals surface area contributed by atoms with Crippen LogP contribution in [-0.4, -0.2) is 57.0 Å². The third-order valence-electron chi connectivity index (χ3n) is 2.98. The fraction of sp³-hybridized carbons (Fsp3) is 0.429. The summed E-state index contributed by atoms with van der Waals surface area (Å²) in [4.78, 5) is 22.1. The molecular formula is C14H18O8. The molecule has 1 aromatic carbocycles. The quantitative estimate of drug-likeness (QED) is 0.407. The molecule has 0 heterocycles. The van der Waals surface area contributed by atoms with E-state index >= 15 is 0 Å². The van der Waals surface area contributed by atoms with Crippen molar-refractivity contribution in [1.82, 2.24) is 0 Å². The Kier molecular flexibility index (Phi) is 6.93. The van der Waals surface area contributed by atoms with Crippen LogP contribution in [0.25, 0.3) is 0 Å². The molecule has 0 bridgehead atoms. The van der Waals surface area contributed by atoms with Crippen LogP contribution in [0.2, 0.25) is 0 Å². The first-order valence-corrected chi connectivity index (χ1v) is 6.56. The predicted octanol–water partition coefficient (Wildman–Crippen LogP) is 0.224. The van der Waals surface area contributed by atoms with E-state index in [4.69, 9.17) is 20.1 Å². The van der Waals surface area contributed by atoms with E-state index in [9.17, 15) is 19.8 Å². The van der Waals surface area contributed by atoms with Crippen LogP contribution >= 0.6 is 0 Å². The highest BCUT2D eigenvalue weighted by molar-refractivity contribution is 5.93. The molecular weight excluding hydrogens is 296 g/mol. The van der Waals surface area contributed by atoms with E-state index < -0.39 is 24.3 Å². The van der Waals surface area contributed by atoms with Crippen molar-refractivity contribution in [3.8, 4) is 0 Å². The molecule has 5 N–H and O–H groups in total. The van der Waals surface area contributed by atoms with Crippen molar-refractivity contribution >= 4 is 11.9 Å². The van der Waals surface area contributed by atoms with Gasteiger partial charge >= 0.3 is 11.9 Å². The number of benzene rings is 1. The molecule has 2 unspecified atom stereocenters. The summed E-state index contributed by atoms with van der Waals surface area (Å²) in [6, 6.07) is 3.35. The third kappa shape index (κ3) is 5.08. The van der Waals surface area contributed by atoms with Crippen LogP contribution in [-0.2, 0) is 4.74 Å². The van der Waals surface area contributed by atoms with Gasteiger partial charge in [-0.1, -0.05) is 0 Å². The van der Waals surface area contributed by atoms with Crippen LogP contribution in [0.15, 0.2) is 18.2 Å². The number of hydrogen-bond donors (Lipinski definition) is 5. The van der Waals surface area contributed by atoms with Gasteiger partial charge < -0.3 is 30.3 Å². The molecule has 0 fully saturated rings. The number of ether oxygens (including phenoxy) is 1. The molecule has 2 atom stereocenters. The number of aliphatic hydroxyl groups excluding tert-OH is 3. The van der Waals surface area contributed by atoms with Crippen molar-refractivity contribution in [1.29, 1.82) is 0 Å². The molecule has 1 rings (SSSR count). The average Bonchev–Trinajstić information content (AvgIpc) is 2.49. The summed E-state index contributed by atoms with van der Waals surface area (Å²) in [6.07, 6.45) is -2.51. The van der Waals surface area contributed by atoms with E-state index in [-0.39, 0.29) is 42.7 Å². The number of carboxylic acids is 2. The molecule has 0 aromatic heterocycles. The molecule has 0 spiro atoms. The van der Waals surface area contributed by atoms with Crippen LogP contribution < -0.4 is 0 Å². The molecule has 0 amide bonds. The van der Waals surface area contributed by atoms with E-state index in [0.717, 1.165) is 18.2 Å². The van der Waals surface area contributed by atoms with Gasteiger partial charge in [0.15, 0.2) is 6.29 Å². The molecule has 8 nitrogen and oxygen atoms in total. The van der Waals surface area contributed by atoms with Crippen LogP contribution in [0.5, 0.6) is 0 Å². The third-order valence-corrected chi connectivity index (χ3v) is 2.98. The molecule has 0 aliphatic carbocycles. The number of rotatable bonds is 9. The number of carbonyl (C=O) groups is 2. The van der Waals surface area contributed by atoms with Gasteiger partial charge in [0.2, 0.25) is 0 Å². The normalized spacial score (nSPS) is 13.6. The van der Waals surface area contributed by atoms with Gasteiger partial charge in [-0.2, -0.15) is 0 Å². The maximum atomic E-state index is 11.1. The van der Waals surface area contributed by atoms with Crippen LogP contribution in [0.4, 0.5) is 0 Å². The molecule has 0 aliphatic rings. The fourth-order valence-electron chi connectivity index (χ4n) is 1.89. The van der Waals surface area contributed by atoms with Gasteiger partial charge in [0, 0.05) is 6.42 Å². The summed E-state index contributed by atoms with van der Waals surface area (Å²) in [6.45, 7) is -0.324. The molecule has 22 heavy (non-hydrogen) atoms. The lowest BCUT2D eigenvalue weighted by atomic mass is 9.96. The van der Waals surface area contributed by atoms with Gasteiger partial charge in [-0.05, 0) is 30.2 Å². The van der Waals surface area contributed by atoms with Crippen LogP contribution in [0, 0.1) is 0 Å². The number of aliphatic hydroxyl groups is 3. The standard InChI is InChI=1S/C14H18O8/c15-5-6-22-12(17)4-3-11(16)10-7-8(13(18)19)1-2-9(10)14(20)21/h1-2,7,11-12,15-17H,3-6H2,(H,18,19)(H,20,21). The first-order chi connectivity index (χ1) is 10.4. The van der Waals surface area contributed by atoms with Crippen molar-refractivity contribution in [3.05, 3.63) is 34.9 Å². The Hall–Kier alpha value is -2.00. The summed E-state index contributed by atoms with van der Waals surface area (Å²) in [5.74, 6) is -2.53. The first-order valence-electron chi connectivity index (χ1n) is 6.56. The van der Waals surface area contributed by atoms with Crippen molar-refractivity contribution in [3.63, 3.8) is 0 Å². The van der Waals surface area contributed by atoms with Gasteiger partial charge in [-0.15, -0.1) is 0 Å². The van der Waals surface area contributed by atoms with Crippen molar-refractivity contribution < 1.29 is 39.9 Å². The second-order valence-corrected chi connectivity index (χ2v) is 4.55. The lowest BCUT2D eigenvalue weighted by Crippen LogP contribution is -2.17. The fourth-order valence-corrected chi connectivity index (χ4v) is 1.89. The van der Waals surface area contributed by atoms with Crippen molar-refractivity contribution in [2.24, 2.45) is 0 Å². The first kappa shape index (κ1) is 18.1. The Balaban J connectivity index is 2.85. The Morgan fingerprint density at radius 1 is 1.09 bits per heavy atom. The van der Waals surface area contributed by atoms with E-state index in [1.54, 1.807) is 0 Å². The SMILES string of the molecule is O=C(O)c1ccc(C(=O)O)c(C(O)CCC(O)OCCO)c1. The molecule has 0 aliphatic heterocycles. The largest absolute Gasteiger partial charge is 0.478 e. The summed E-state index contributed by atoms with van der Waals surface area (Å²) in [5.41, 5.74) is -0.388. The molecule has 122 valence electrons. The minimum Gasteiger partial charge on any atom is -0.478 e. The molecule has 1 aromatic rings. The molecule has 0 radical (unpaired) electrons. The zero-order chi connectivity index (χ0) is 16.7. The smallest absolute Gasteiger partial charge is 0.336 e.